The zero-order chi connectivity index (χ0) is 9.36. The van der Waals surface area contributed by atoms with Gasteiger partial charge in [-0.2, -0.15) is 0 Å². The first-order valence-corrected chi connectivity index (χ1v) is 5.69. The molecule has 0 aromatic carbocycles. The van der Waals surface area contributed by atoms with Gasteiger partial charge in [0.1, 0.15) is 0 Å². The smallest absolute Gasteiger partial charge is 0.0433 e. The van der Waals surface area contributed by atoms with Gasteiger partial charge < -0.3 is 5.11 Å². The third-order valence-electron chi connectivity index (χ3n) is 2.91. The molecule has 0 saturated heterocycles. The maximum atomic E-state index is 8.88. The van der Waals surface area contributed by atoms with Crippen LogP contribution in [-0.4, -0.2) is 11.7 Å². The topological polar surface area (TPSA) is 20.2 Å². The SMILES string of the molecule is OCCC1C/C=C\CCCCCC1. The number of aliphatic hydroxyl groups is 1. The lowest BCUT2D eigenvalue weighted by atomic mass is 9.93. The van der Waals surface area contributed by atoms with Gasteiger partial charge in [0, 0.05) is 6.61 Å². The number of rotatable bonds is 2. The summed E-state index contributed by atoms with van der Waals surface area (Å²) >= 11 is 0. The molecule has 0 bridgehead atoms. The Hall–Kier alpha value is -0.300. The van der Waals surface area contributed by atoms with Gasteiger partial charge in [0.15, 0.2) is 0 Å². The van der Waals surface area contributed by atoms with E-state index in [4.69, 9.17) is 5.11 Å². The van der Waals surface area contributed by atoms with E-state index in [9.17, 15) is 0 Å². The molecule has 0 aromatic heterocycles. The molecule has 0 radical (unpaired) electrons. The molecule has 0 heterocycles. The fraction of sp³-hybridized carbons (Fsp3) is 0.833. The van der Waals surface area contributed by atoms with Crippen molar-refractivity contribution in [3.63, 3.8) is 0 Å². The van der Waals surface area contributed by atoms with Crippen LogP contribution in [0.3, 0.4) is 0 Å². The van der Waals surface area contributed by atoms with Crippen LogP contribution in [-0.2, 0) is 0 Å². The quantitative estimate of drug-likeness (QED) is 0.650. The third-order valence-corrected chi connectivity index (χ3v) is 2.91. The Morgan fingerprint density at radius 2 is 1.92 bits per heavy atom. The Morgan fingerprint density at radius 1 is 1.08 bits per heavy atom. The molecule has 1 aliphatic carbocycles. The summed E-state index contributed by atoms with van der Waals surface area (Å²) in [6.07, 6.45) is 14.9. The van der Waals surface area contributed by atoms with Gasteiger partial charge in [0.25, 0.3) is 0 Å². The van der Waals surface area contributed by atoms with Crippen molar-refractivity contribution in [2.75, 3.05) is 6.61 Å². The Morgan fingerprint density at radius 3 is 2.77 bits per heavy atom. The van der Waals surface area contributed by atoms with Crippen molar-refractivity contribution >= 4 is 0 Å². The molecule has 1 aliphatic rings. The molecule has 1 heteroatoms. The minimum absolute atomic E-state index is 0.360. The number of hydrogen-bond acceptors (Lipinski definition) is 1. The molecule has 0 saturated carbocycles. The molecule has 0 spiro atoms. The average Bonchev–Trinajstić information content (AvgIpc) is 2.16. The second kappa shape index (κ2) is 7.14. The van der Waals surface area contributed by atoms with E-state index in [2.05, 4.69) is 12.2 Å². The fourth-order valence-electron chi connectivity index (χ4n) is 2.02. The van der Waals surface area contributed by atoms with Crippen molar-refractivity contribution in [1.82, 2.24) is 0 Å². The second-order valence-corrected chi connectivity index (χ2v) is 4.08. The van der Waals surface area contributed by atoms with Crippen LogP contribution in [0.25, 0.3) is 0 Å². The maximum Gasteiger partial charge on any atom is 0.0433 e. The van der Waals surface area contributed by atoms with Crippen molar-refractivity contribution in [1.29, 1.82) is 0 Å². The molecule has 76 valence electrons. The van der Waals surface area contributed by atoms with Gasteiger partial charge in [-0.3, -0.25) is 0 Å². The molecule has 0 amide bonds. The Bertz CT molecular complexity index is 140. The van der Waals surface area contributed by atoms with Gasteiger partial charge in [0.2, 0.25) is 0 Å². The molecular weight excluding hydrogens is 160 g/mol. The summed E-state index contributed by atoms with van der Waals surface area (Å²) in [6.45, 7) is 0.360. The normalized spacial score (nSPS) is 28.2. The summed E-state index contributed by atoms with van der Waals surface area (Å²) in [5, 5.41) is 8.88. The first-order valence-electron chi connectivity index (χ1n) is 5.69. The van der Waals surface area contributed by atoms with Gasteiger partial charge in [-0.05, 0) is 31.6 Å². The molecule has 1 nitrogen and oxygen atoms in total. The number of allylic oxidation sites excluding steroid dienone is 2. The summed E-state index contributed by atoms with van der Waals surface area (Å²) in [5.41, 5.74) is 0. The minimum Gasteiger partial charge on any atom is -0.396 e. The summed E-state index contributed by atoms with van der Waals surface area (Å²) in [7, 11) is 0. The van der Waals surface area contributed by atoms with Crippen LogP contribution in [0.1, 0.15) is 51.4 Å². The molecule has 13 heavy (non-hydrogen) atoms. The van der Waals surface area contributed by atoms with E-state index in [-0.39, 0.29) is 0 Å². The summed E-state index contributed by atoms with van der Waals surface area (Å²) < 4.78 is 0. The van der Waals surface area contributed by atoms with Crippen molar-refractivity contribution < 1.29 is 5.11 Å². The fourth-order valence-corrected chi connectivity index (χ4v) is 2.02. The lowest BCUT2D eigenvalue weighted by molar-refractivity contribution is 0.250. The highest BCUT2D eigenvalue weighted by molar-refractivity contribution is 4.84. The Labute approximate surface area is 81.9 Å². The second-order valence-electron chi connectivity index (χ2n) is 4.08. The highest BCUT2D eigenvalue weighted by atomic mass is 16.3. The Kier molecular flexibility index (Phi) is 5.92. The van der Waals surface area contributed by atoms with Crippen LogP contribution in [0.4, 0.5) is 0 Å². The lowest BCUT2D eigenvalue weighted by Crippen LogP contribution is -2.02. The molecule has 1 rings (SSSR count). The zero-order valence-corrected chi connectivity index (χ0v) is 8.54. The van der Waals surface area contributed by atoms with Crippen molar-refractivity contribution in [3.8, 4) is 0 Å². The van der Waals surface area contributed by atoms with Crippen molar-refractivity contribution in [3.05, 3.63) is 12.2 Å². The van der Waals surface area contributed by atoms with E-state index in [0.717, 1.165) is 12.3 Å². The molecule has 1 unspecified atom stereocenters. The molecule has 0 aromatic rings. The standard InChI is InChI=1S/C12H22O/c13-11-10-12-8-6-4-2-1-3-5-7-9-12/h4,6,12-13H,1-3,5,7-11H2/b6-4-. The van der Waals surface area contributed by atoms with Gasteiger partial charge in [-0.25, -0.2) is 0 Å². The van der Waals surface area contributed by atoms with Gasteiger partial charge >= 0.3 is 0 Å². The van der Waals surface area contributed by atoms with Gasteiger partial charge in [-0.1, -0.05) is 37.8 Å². The van der Waals surface area contributed by atoms with E-state index in [0.29, 0.717) is 6.61 Å². The van der Waals surface area contributed by atoms with Crippen LogP contribution < -0.4 is 0 Å². The van der Waals surface area contributed by atoms with E-state index < -0.39 is 0 Å². The first-order chi connectivity index (χ1) is 6.43. The molecule has 0 fully saturated rings. The summed E-state index contributed by atoms with van der Waals surface area (Å²) in [4.78, 5) is 0. The molecule has 1 N–H and O–H groups in total. The third kappa shape index (κ3) is 5.09. The number of aliphatic hydroxyl groups excluding tert-OH is 1. The van der Waals surface area contributed by atoms with E-state index in [1.165, 1.54) is 44.9 Å². The summed E-state index contributed by atoms with van der Waals surface area (Å²) in [6, 6.07) is 0. The average molecular weight is 182 g/mol. The predicted octanol–water partition coefficient (Wildman–Crippen LogP) is 3.29. The molecular formula is C12H22O. The summed E-state index contributed by atoms with van der Waals surface area (Å²) in [5.74, 6) is 0.736. The van der Waals surface area contributed by atoms with Crippen LogP contribution >= 0.6 is 0 Å². The Balaban J connectivity index is 2.29. The molecule has 0 aliphatic heterocycles. The largest absolute Gasteiger partial charge is 0.396 e. The first kappa shape index (κ1) is 10.8. The zero-order valence-electron chi connectivity index (χ0n) is 8.54. The van der Waals surface area contributed by atoms with Gasteiger partial charge in [-0.15, -0.1) is 0 Å². The number of hydrogen-bond donors (Lipinski definition) is 1. The van der Waals surface area contributed by atoms with E-state index >= 15 is 0 Å². The van der Waals surface area contributed by atoms with E-state index in [1.807, 2.05) is 0 Å². The van der Waals surface area contributed by atoms with Gasteiger partial charge in [0.05, 0.1) is 0 Å². The lowest BCUT2D eigenvalue weighted by Gasteiger charge is -2.14. The maximum absolute atomic E-state index is 8.88. The van der Waals surface area contributed by atoms with Crippen LogP contribution in [0.5, 0.6) is 0 Å². The van der Waals surface area contributed by atoms with Crippen molar-refractivity contribution in [2.24, 2.45) is 5.92 Å². The van der Waals surface area contributed by atoms with Crippen molar-refractivity contribution in [2.45, 2.75) is 51.4 Å². The monoisotopic (exact) mass is 182 g/mol. The van der Waals surface area contributed by atoms with Crippen LogP contribution in [0.15, 0.2) is 12.2 Å². The predicted molar refractivity (Wildman–Crippen MR) is 56.7 cm³/mol. The van der Waals surface area contributed by atoms with Crippen LogP contribution in [0, 0.1) is 5.92 Å². The molecule has 1 atom stereocenters. The van der Waals surface area contributed by atoms with E-state index in [1.54, 1.807) is 0 Å². The van der Waals surface area contributed by atoms with Crippen LogP contribution in [0.2, 0.25) is 0 Å². The minimum atomic E-state index is 0.360. The highest BCUT2D eigenvalue weighted by Crippen LogP contribution is 2.20. The highest BCUT2D eigenvalue weighted by Gasteiger charge is 2.06.